The predicted octanol–water partition coefficient (Wildman–Crippen LogP) is 2.03. The molecule has 19 heavy (non-hydrogen) atoms. The van der Waals surface area contributed by atoms with Crippen molar-refractivity contribution in [2.45, 2.75) is 32.9 Å². The lowest BCUT2D eigenvalue weighted by atomic mass is 10.0. The highest BCUT2D eigenvalue weighted by molar-refractivity contribution is 5.76. The van der Waals surface area contributed by atoms with Gasteiger partial charge in [0.2, 0.25) is 5.91 Å². The van der Waals surface area contributed by atoms with Crippen molar-refractivity contribution < 1.29 is 9.53 Å². The molecule has 4 nitrogen and oxygen atoms in total. The summed E-state index contributed by atoms with van der Waals surface area (Å²) < 4.78 is 5.28. The Kier molecular flexibility index (Phi) is 5.83. The monoisotopic (exact) mass is 264 g/mol. The molecule has 0 saturated carbocycles. The van der Waals surface area contributed by atoms with Crippen LogP contribution >= 0.6 is 0 Å². The summed E-state index contributed by atoms with van der Waals surface area (Å²) in [6.45, 7) is 4.59. The van der Waals surface area contributed by atoms with Crippen LogP contribution in [0.1, 0.15) is 25.8 Å². The van der Waals surface area contributed by atoms with Crippen LogP contribution in [-0.2, 0) is 11.3 Å². The Labute approximate surface area is 115 Å². The number of nitrogens with two attached hydrogens (primary N) is 1. The van der Waals surface area contributed by atoms with Crippen LogP contribution in [0.4, 0.5) is 0 Å². The van der Waals surface area contributed by atoms with E-state index in [1.165, 1.54) is 0 Å². The average Bonchev–Trinajstić information content (AvgIpc) is 2.38. The molecule has 0 spiro atoms. The third-order valence-electron chi connectivity index (χ3n) is 3.29. The van der Waals surface area contributed by atoms with Crippen LogP contribution in [0, 0.1) is 5.92 Å². The fraction of sp³-hybridized carbons (Fsp3) is 0.533. The molecule has 4 heteroatoms. The van der Waals surface area contributed by atoms with Crippen molar-refractivity contribution in [2.75, 3.05) is 14.2 Å². The van der Waals surface area contributed by atoms with Crippen LogP contribution in [0.25, 0.3) is 0 Å². The van der Waals surface area contributed by atoms with Gasteiger partial charge in [-0.25, -0.2) is 0 Å². The molecule has 0 heterocycles. The predicted molar refractivity (Wildman–Crippen MR) is 76.9 cm³/mol. The quantitative estimate of drug-likeness (QED) is 0.855. The van der Waals surface area contributed by atoms with Gasteiger partial charge in [-0.05, 0) is 12.0 Å². The highest BCUT2D eigenvalue weighted by atomic mass is 16.5. The van der Waals surface area contributed by atoms with E-state index in [-0.39, 0.29) is 11.9 Å². The van der Waals surface area contributed by atoms with Gasteiger partial charge in [0.05, 0.1) is 7.11 Å². The first-order chi connectivity index (χ1) is 8.95. The SMILES string of the molecule is COc1ccccc1CN(C)C(=O)CC(N)C(C)C. The van der Waals surface area contributed by atoms with Crippen molar-refractivity contribution in [3.8, 4) is 5.75 Å². The molecule has 0 saturated heterocycles. The number of para-hydroxylation sites is 1. The van der Waals surface area contributed by atoms with E-state index in [2.05, 4.69) is 0 Å². The van der Waals surface area contributed by atoms with Crippen molar-refractivity contribution in [1.29, 1.82) is 0 Å². The summed E-state index contributed by atoms with van der Waals surface area (Å²) in [5.41, 5.74) is 6.93. The molecule has 1 amide bonds. The van der Waals surface area contributed by atoms with Crippen molar-refractivity contribution in [3.05, 3.63) is 29.8 Å². The van der Waals surface area contributed by atoms with E-state index in [1.807, 2.05) is 38.1 Å². The Morgan fingerprint density at radius 3 is 2.58 bits per heavy atom. The molecule has 1 aromatic rings. The van der Waals surface area contributed by atoms with E-state index in [1.54, 1.807) is 19.1 Å². The number of nitrogens with zero attached hydrogens (tertiary/aromatic N) is 1. The standard InChI is InChI=1S/C15H24N2O2/c1-11(2)13(16)9-15(18)17(3)10-12-7-5-6-8-14(12)19-4/h5-8,11,13H,9-10,16H2,1-4H3. The first-order valence-corrected chi connectivity index (χ1v) is 6.57. The van der Waals surface area contributed by atoms with Crippen LogP contribution < -0.4 is 10.5 Å². The molecule has 0 radical (unpaired) electrons. The first-order valence-electron chi connectivity index (χ1n) is 6.57. The number of benzene rings is 1. The normalized spacial score (nSPS) is 12.3. The second-order valence-electron chi connectivity index (χ2n) is 5.17. The maximum Gasteiger partial charge on any atom is 0.224 e. The Hall–Kier alpha value is -1.55. The molecule has 0 aromatic heterocycles. The van der Waals surface area contributed by atoms with Gasteiger partial charge in [-0.3, -0.25) is 4.79 Å². The molecular weight excluding hydrogens is 240 g/mol. The number of carbonyl (C=O) groups is 1. The molecule has 1 atom stereocenters. The molecule has 0 aliphatic heterocycles. The van der Waals surface area contributed by atoms with Gasteiger partial charge in [0.25, 0.3) is 0 Å². The Morgan fingerprint density at radius 2 is 2.00 bits per heavy atom. The van der Waals surface area contributed by atoms with Crippen molar-refractivity contribution >= 4 is 5.91 Å². The lowest BCUT2D eigenvalue weighted by Gasteiger charge is -2.22. The van der Waals surface area contributed by atoms with Gasteiger partial charge in [-0.1, -0.05) is 32.0 Å². The van der Waals surface area contributed by atoms with E-state index in [0.717, 1.165) is 11.3 Å². The molecule has 1 unspecified atom stereocenters. The van der Waals surface area contributed by atoms with Crippen LogP contribution in [0.3, 0.4) is 0 Å². The second kappa shape index (κ2) is 7.14. The summed E-state index contributed by atoms with van der Waals surface area (Å²) in [7, 11) is 3.43. The van der Waals surface area contributed by atoms with Crippen molar-refractivity contribution in [1.82, 2.24) is 4.90 Å². The number of hydrogen-bond acceptors (Lipinski definition) is 3. The average molecular weight is 264 g/mol. The van der Waals surface area contributed by atoms with Crippen molar-refractivity contribution in [3.63, 3.8) is 0 Å². The largest absolute Gasteiger partial charge is 0.496 e. The summed E-state index contributed by atoms with van der Waals surface area (Å²) in [6.07, 6.45) is 0.378. The Morgan fingerprint density at radius 1 is 1.37 bits per heavy atom. The van der Waals surface area contributed by atoms with E-state index in [4.69, 9.17) is 10.5 Å². The summed E-state index contributed by atoms with van der Waals surface area (Å²) >= 11 is 0. The van der Waals surface area contributed by atoms with E-state index in [9.17, 15) is 4.79 Å². The van der Waals surface area contributed by atoms with E-state index < -0.39 is 0 Å². The third-order valence-corrected chi connectivity index (χ3v) is 3.29. The third kappa shape index (κ3) is 4.56. The highest BCUT2D eigenvalue weighted by Gasteiger charge is 2.17. The maximum atomic E-state index is 12.1. The van der Waals surface area contributed by atoms with Gasteiger partial charge in [0.15, 0.2) is 0 Å². The number of rotatable bonds is 6. The first kappa shape index (κ1) is 15.5. The Bertz CT molecular complexity index is 418. The topological polar surface area (TPSA) is 55.6 Å². The minimum absolute atomic E-state index is 0.0621. The van der Waals surface area contributed by atoms with Crippen LogP contribution in [0.15, 0.2) is 24.3 Å². The number of methoxy groups -OCH3 is 1. The molecule has 0 aliphatic rings. The van der Waals surface area contributed by atoms with Gasteiger partial charge in [-0.2, -0.15) is 0 Å². The second-order valence-corrected chi connectivity index (χ2v) is 5.17. The highest BCUT2D eigenvalue weighted by Crippen LogP contribution is 2.19. The summed E-state index contributed by atoms with van der Waals surface area (Å²) in [5.74, 6) is 1.17. The fourth-order valence-electron chi connectivity index (χ4n) is 1.77. The zero-order valence-corrected chi connectivity index (χ0v) is 12.2. The zero-order chi connectivity index (χ0) is 14.4. The zero-order valence-electron chi connectivity index (χ0n) is 12.2. The molecule has 0 aliphatic carbocycles. The summed E-state index contributed by atoms with van der Waals surface area (Å²) in [6, 6.07) is 7.63. The summed E-state index contributed by atoms with van der Waals surface area (Å²) in [4.78, 5) is 13.8. The molecule has 1 aromatic carbocycles. The Balaban J connectivity index is 2.63. The van der Waals surface area contributed by atoms with Crippen LogP contribution in [0.2, 0.25) is 0 Å². The summed E-state index contributed by atoms with van der Waals surface area (Å²) in [5, 5.41) is 0. The van der Waals surface area contributed by atoms with Crippen LogP contribution in [0.5, 0.6) is 5.75 Å². The lowest BCUT2D eigenvalue weighted by molar-refractivity contribution is -0.131. The van der Waals surface area contributed by atoms with Gasteiger partial charge in [0.1, 0.15) is 5.75 Å². The fourth-order valence-corrected chi connectivity index (χ4v) is 1.77. The smallest absolute Gasteiger partial charge is 0.224 e. The maximum absolute atomic E-state index is 12.1. The van der Waals surface area contributed by atoms with E-state index in [0.29, 0.717) is 18.9 Å². The van der Waals surface area contributed by atoms with Gasteiger partial charge < -0.3 is 15.4 Å². The molecular formula is C15H24N2O2. The van der Waals surface area contributed by atoms with Gasteiger partial charge in [-0.15, -0.1) is 0 Å². The molecule has 106 valence electrons. The van der Waals surface area contributed by atoms with Gasteiger partial charge >= 0.3 is 0 Å². The molecule has 2 N–H and O–H groups in total. The number of hydrogen-bond donors (Lipinski definition) is 1. The number of carbonyl (C=O) groups excluding carboxylic acids is 1. The molecule has 0 bridgehead atoms. The number of ether oxygens (including phenoxy) is 1. The minimum atomic E-state index is -0.0902. The lowest BCUT2D eigenvalue weighted by Crippen LogP contribution is -2.35. The minimum Gasteiger partial charge on any atom is -0.496 e. The molecule has 0 fully saturated rings. The number of amides is 1. The molecule has 1 rings (SSSR count). The van der Waals surface area contributed by atoms with Crippen molar-refractivity contribution in [2.24, 2.45) is 11.7 Å². The van der Waals surface area contributed by atoms with Gasteiger partial charge in [0, 0.05) is 31.6 Å². The van der Waals surface area contributed by atoms with E-state index >= 15 is 0 Å². The van der Waals surface area contributed by atoms with Crippen LogP contribution in [-0.4, -0.2) is 31.0 Å².